The van der Waals surface area contributed by atoms with Crippen LogP contribution >= 0.6 is 11.6 Å². The van der Waals surface area contributed by atoms with Gasteiger partial charge in [0.05, 0.1) is 6.54 Å². The van der Waals surface area contributed by atoms with Crippen LogP contribution in [0.1, 0.15) is 11.4 Å². The molecule has 1 amide bonds. The van der Waals surface area contributed by atoms with E-state index in [2.05, 4.69) is 20.5 Å². The van der Waals surface area contributed by atoms with Crippen molar-refractivity contribution in [2.45, 2.75) is 6.54 Å². The first-order chi connectivity index (χ1) is 8.75. The number of hydrogen-bond donors (Lipinski definition) is 2. The molecule has 92 valence electrons. The largest absolute Gasteiger partial charge is 0.345 e. The number of aromatic nitrogens is 3. The first-order valence-corrected chi connectivity index (χ1v) is 5.68. The van der Waals surface area contributed by atoms with Crippen molar-refractivity contribution < 1.29 is 4.79 Å². The molecule has 0 aliphatic rings. The van der Waals surface area contributed by atoms with Crippen LogP contribution in [0.5, 0.6) is 0 Å². The number of nitrogens with one attached hydrogen (secondary N) is 2. The maximum absolute atomic E-state index is 11.5. The zero-order valence-electron chi connectivity index (χ0n) is 9.43. The second-order valence-electron chi connectivity index (χ2n) is 3.50. The van der Waals surface area contributed by atoms with Crippen molar-refractivity contribution in [1.29, 1.82) is 0 Å². The van der Waals surface area contributed by atoms with E-state index in [9.17, 15) is 4.79 Å². The van der Waals surface area contributed by atoms with Crippen LogP contribution < -0.4 is 5.32 Å². The van der Waals surface area contributed by atoms with Crippen molar-refractivity contribution in [3.8, 4) is 0 Å². The van der Waals surface area contributed by atoms with Crippen LogP contribution in [0.25, 0.3) is 6.08 Å². The van der Waals surface area contributed by atoms with Crippen molar-refractivity contribution in [2.75, 3.05) is 0 Å². The van der Waals surface area contributed by atoms with Crippen molar-refractivity contribution >= 4 is 23.6 Å². The van der Waals surface area contributed by atoms with Gasteiger partial charge in [-0.3, -0.25) is 9.89 Å². The standard InChI is InChI=1S/C12H11ClN4O/c13-10-4-2-1-3-9(10)5-6-12(18)14-7-11-15-8-16-17-11/h1-6,8H,7H2,(H,14,18)(H,15,16,17)/b6-5+. The van der Waals surface area contributed by atoms with E-state index < -0.39 is 0 Å². The molecule has 0 saturated heterocycles. The first kappa shape index (κ1) is 12.3. The lowest BCUT2D eigenvalue weighted by Gasteiger charge is -1.99. The lowest BCUT2D eigenvalue weighted by atomic mass is 10.2. The number of amides is 1. The Morgan fingerprint density at radius 2 is 2.28 bits per heavy atom. The number of H-pyrrole nitrogens is 1. The molecular formula is C12H11ClN4O. The van der Waals surface area contributed by atoms with E-state index in [1.54, 1.807) is 12.1 Å². The SMILES string of the molecule is O=C(/C=C/c1ccccc1Cl)NCc1ncn[nH]1. The Hall–Kier alpha value is -2.14. The summed E-state index contributed by atoms with van der Waals surface area (Å²) in [4.78, 5) is 15.4. The molecule has 6 heteroatoms. The zero-order valence-corrected chi connectivity index (χ0v) is 10.2. The summed E-state index contributed by atoms with van der Waals surface area (Å²) in [5.74, 6) is 0.390. The molecule has 0 fully saturated rings. The lowest BCUT2D eigenvalue weighted by molar-refractivity contribution is -0.116. The molecule has 1 aromatic heterocycles. The van der Waals surface area contributed by atoms with Crippen LogP contribution in [0, 0.1) is 0 Å². The quantitative estimate of drug-likeness (QED) is 0.826. The molecule has 1 heterocycles. The van der Waals surface area contributed by atoms with Crippen LogP contribution in [-0.2, 0) is 11.3 Å². The third-order valence-electron chi connectivity index (χ3n) is 2.21. The molecule has 0 aliphatic heterocycles. The second kappa shape index (κ2) is 5.97. The maximum Gasteiger partial charge on any atom is 0.244 e. The molecule has 2 N–H and O–H groups in total. The number of rotatable bonds is 4. The Labute approximate surface area is 109 Å². The fourth-order valence-corrected chi connectivity index (χ4v) is 1.52. The summed E-state index contributed by atoms with van der Waals surface area (Å²) in [6.07, 6.45) is 4.48. The molecule has 0 radical (unpaired) electrons. The fraction of sp³-hybridized carbons (Fsp3) is 0.0833. The highest BCUT2D eigenvalue weighted by molar-refractivity contribution is 6.32. The van der Waals surface area contributed by atoms with E-state index in [0.29, 0.717) is 17.4 Å². The van der Waals surface area contributed by atoms with Crippen LogP contribution in [0.15, 0.2) is 36.7 Å². The van der Waals surface area contributed by atoms with Gasteiger partial charge < -0.3 is 5.32 Å². The van der Waals surface area contributed by atoms with Gasteiger partial charge in [-0.05, 0) is 17.7 Å². The third kappa shape index (κ3) is 3.43. The van der Waals surface area contributed by atoms with Gasteiger partial charge in [0.2, 0.25) is 5.91 Å². The average molecular weight is 263 g/mol. The van der Waals surface area contributed by atoms with Crippen molar-refractivity contribution in [3.05, 3.63) is 53.1 Å². The Balaban J connectivity index is 1.89. The van der Waals surface area contributed by atoms with Crippen molar-refractivity contribution in [1.82, 2.24) is 20.5 Å². The van der Waals surface area contributed by atoms with E-state index in [-0.39, 0.29) is 5.91 Å². The van der Waals surface area contributed by atoms with Crippen LogP contribution in [0.2, 0.25) is 5.02 Å². The van der Waals surface area contributed by atoms with Crippen molar-refractivity contribution in [2.24, 2.45) is 0 Å². The third-order valence-corrected chi connectivity index (χ3v) is 2.56. The molecule has 2 aromatic rings. The van der Waals surface area contributed by atoms with Gasteiger partial charge in [-0.2, -0.15) is 5.10 Å². The fourth-order valence-electron chi connectivity index (χ4n) is 1.32. The van der Waals surface area contributed by atoms with Gasteiger partial charge in [-0.15, -0.1) is 0 Å². The minimum Gasteiger partial charge on any atom is -0.345 e. The summed E-state index contributed by atoms with van der Waals surface area (Å²) in [5.41, 5.74) is 0.800. The molecule has 2 rings (SSSR count). The minimum absolute atomic E-state index is 0.216. The molecule has 5 nitrogen and oxygen atoms in total. The summed E-state index contributed by atoms with van der Waals surface area (Å²) in [5, 5.41) is 9.62. The number of carbonyl (C=O) groups is 1. The van der Waals surface area contributed by atoms with Gasteiger partial charge in [-0.1, -0.05) is 29.8 Å². The highest BCUT2D eigenvalue weighted by Crippen LogP contribution is 2.15. The minimum atomic E-state index is -0.216. The topological polar surface area (TPSA) is 70.7 Å². The molecule has 1 aromatic carbocycles. The molecule has 0 unspecified atom stereocenters. The summed E-state index contributed by atoms with van der Waals surface area (Å²) in [6.45, 7) is 0.311. The molecule has 18 heavy (non-hydrogen) atoms. The van der Waals surface area contributed by atoms with E-state index in [0.717, 1.165) is 5.56 Å². The molecule has 0 spiro atoms. The number of aromatic amines is 1. The smallest absolute Gasteiger partial charge is 0.244 e. The monoisotopic (exact) mass is 262 g/mol. The van der Waals surface area contributed by atoms with E-state index in [4.69, 9.17) is 11.6 Å². The van der Waals surface area contributed by atoms with E-state index >= 15 is 0 Å². The average Bonchev–Trinajstić information content (AvgIpc) is 2.88. The molecule has 0 atom stereocenters. The molecular weight excluding hydrogens is 252 g/mol. The van der Waals surface area contributed by atoms with Gasteiger partial charge >= 0.3 is 0 Å². The van der Waals surface area contributed by atoms with Crippen LogP contribution in [0.4, 0.5) is 0 Å². The Bertz CT molecular complexity index is 551. The molecule has 0 aliphatic carbocycles. The van der Waals surface area contributed by atoms with Crippen molar-refractivity contribution in [3.63, 3.8) is 0 Å². The number of hydrogen-bond acceptors (Lipinski definition) is 3. The summed E-state index contributed by atoms with van der Waals surface area (Å²) >= 11 is 5.96. The summed E-state index contributed by atoms with van der Waals surface area (Å²) in [7, 11) is 0. The molecule has 0 bridgehead atoms. The Kier molecular flexibility index (Phi) is 4.09. The molecule has 0 saturated carbocycles. The van der Waals surface area contributed by atoms with Gasteiger partial charge in [0.1, 0.15) is 12.2 Å². The van der Waals surface area contributed by atoms with Gasteiger partial charge in [-0.25, -0.2) is 4.98 Å². The number of nitrogens with zero attached hydrogens (tertiary/aromatic N) is 2. The van der Waals surface area contributed by atoms with E-state index in [1.807, 2.05) is 18.2 Å². The number of halogens is 1. The second-order valence-corrected chi connectivity index (χ2v) is 3.91. The Morgan fingerprint density at radius 3 is 3.00 bits per heavy atom. The van der Waals surface area contributed by atoms with Crippen LogP contribution in [0.3, 0.4) is 0 Å². The number of benzene rings is 1. The maximum atomic E-state index is 11.5. The zero-order chi connectivity index (χ0) is 12.8. The number of carbonyl (C=O) groups excluding carboxylic acids is 1. The van der Waals surface area contributed by atoms with E-state index in [1.165, 1.54) is 12.4 Å². The van der Waals surface area contributed by atoms with Gasteiger partial charge in [0.25, 0.3) is 0 Å². The first-order valence-electron chi connectivity index (χ1n) is 5.30. The van der Waals surface area contributed by atoms with Gasteiger partial charge in [0, 0.05) is 11.1 Å². The lowest BCUT2D eigenvalue weighted by Crippen LogP contribution is -2.20. The summed E-state index contributed by atoms with van der Waals surface area (Å²) in [6, 6.07) is 7.30. The normalized spacial score (nSPS) is 10.7. The predicted octanol–water partition coefficient (Wildman–Crippen LogP) is 1.79. The Morgan fingerprint density at radius 1 is 1.44 bits per heavy atom. The van der Waals surface area contributed by atoms with Crippen LogP contribution in [-0.4, -0.2) is 21.1 Å². The predicted molar refractivity (Wildman–Crippen MR) is 68.7 cm³/mol. The summed E-state index contributed by atoms with van der Waals surface area (Å²) < 4.78 is 0. The highest BCUT2D eigenvalue weighted by Gasteiger charge is 1.99. The highest BCUT2D eigenvalue weighted by atomic mass is 35.5. The van der Waals surface area contributed by atoms with Gasteiger partial charge in [0.15, 0.2) is 0 Å².